The monoisotopic (exact) mass is 196 g/mol. The Bertz CT molecular complexity index is 161. The second kappa shape index (κ2) is 4.94. The fraction of sp³-hybridized carbons (Fsp3) is 1.00. The largest absolute Gasteiger partial charge is 0.474 e. The second-order valence-electron chi connectivity index (χ2n) is 2.29. The first kappa shape index (κ1) is 10.2. The van der Waals surface area contributed by atoms with Crippen LogP contribution in [0.5, 0.6) is 0 Å². The number of phosphoric ester groups is 1. The molecule has 1 aliphatic heterocycles. The van der Waals surface area contributed by atoms with E-state index in [0.29, 0.717) is 32.8 Å². The van der Waals surface area contributed by atoms with E-state index in [1.807, 2.05) is 0 Å². The Morgan fingerprint density at radius 3 is 2.58 bits per heavy atom. The van der Waals surface area contributed by atoms with Crippen molar-refractivity contribution in [2.24, 2.45) is 0 Å². The molecule has 1 heterocycles. The summed E-state index contributed by atoms with van der Waals surface area (Å²) in [5.74, 6) is 0. The predicted octanol–water partition coefficient (Wildman–Crippen LogP) is 1.19. The molecule has 0 bridgehead atoms. The van der Waals surface area contributed by atoms with Crippen LogP contribution in [0.25, 0.3) is 0 Å². The van der Waals surface area contributed by atoms with Gasteiger partial charge in [0.05, 0.1) is 19.8 Å². The maximum atomic E-state index is 11.3. The maximum absolute atomic E-state index is 11.3. The van der Waals surface area contributed by atoms with Crippen molar-refractivity contribution in [3.8, 4) is 0 Å². The fourth-order valence-corrected chi connectivity index (χ4v) is 1.96. The van der Waals surface area contributed by atoms with Gasteiger partial charge in [0.1, 0.15) is 0 Å². The minimum absolute atomic E-state index is 0.338. The molecule has 1 saturated heterocycles. The Labute approximate surface area is 71.6 Å². The first-order valence-corrected chi connectivity index (χ1v) is 5.25. The Balaban J connectivity index is 2.09. The number of ether oxygens (including phenoxy) is 1. The van der Waals surface area contributed by atoms with E-state index in [1.165, 1.54) is 0 Å². The molecule has 12 heavy (non-hydrogen) atoms. The second-order valence-corrected chi connectivity index (χ2v) is 3.96. The van der Waals surface area contributed by atoms with E-state index in [9.17, 15) is 4.57 Å². The molecule has 5 nitrogen and oxygen atoms in total. The summed E-state index contributed by atoms with van der Waals surface area (Å²) in [6.07, 6.45) is 0.688. The molecule has 0 aromatic heterocycles. The minimum Gasteiger partial charge on any atom is -0.385 e. The van der Waals surface area contributed by atoms with Crippen molar-refractivity contribution in [3.63, 3.8) is 0 Å². The van der Waals surface area contributed by atoms with Gasteiger partial charge in [0.25, 0.3) is 0 Å². The van der Waals surface area contributed by atoms with Gasteiger partial charge in [-0.25, -0.2) is 4.57 Å². The summed E-state index contributed by atoms with van der Waals surface area (Å²) in [4.78, 5) is 0. The van der Waals surface area contributed by atoms with Crippen LogP contribution in [-0.2, 0) is 22.9 Å². The summed E-state index contributed by atoms with van der Waals surface area (Å²) in [7, 11) is -1.56. The van der Waals surface area contributed by atoms with Crippen LogP contribution in [-0.4, -0.2) is 33.5 Å². The molecular formula is C6H13O5P. The molecule has 0 spiro atoms. The molecule has 0 N–H and O–H groups in total. The van der Waals surface area contributed by atoms with Gasteiger partial charge >= 0.3 is 7.82 Å². The zero-order chi connectivity index (χ0) is 8.86. The SMILES string of the molecule is COCCCOP1(=O)OCCO1. The average Bonchev–Trinajstić information content (AvgIpc) is 2.47. The molecule has 72 valence electrons. The van der Waals surface area contributed by atoms with Crippen molar-refractivity contribution in [1.29, 1.82) is 0 Å². The van der Waals surface area contributed by atoms with Crippen LogP contribution in [0.4, 0.5) is 0 Å². The van der Waals surface area contributed by atoms with Crippen LogP contribution in [0.1, 0.15) is 6.42 Å². The third-order valence-electron chi connectivity index (χ3n) is 1.32. The highest BCUT2D eigenvalue weighted by Crippen LogP contribution is 2.52. The van der Waals surface area contributed by atoms with E-state index in [0.717, 1.165) is 0 Å². The van der Waals surface area contributed by atoms with Crippen LogP contribution in [0.3, 0.4) is 0 Å². The topological polar surface area (TPSA) is 54.0 Å². The van der Waals surface area contributed by atoms with Gasteiger partial charge in [0.2, 0.25) is 0 Å². The van der Waals surface area contributed by atoms with Crippen molar-refractivity contribution in [2.75, 3.05) is 33.5 Å². The van der Waals surface area contributed by atoms with Crippen molar-refractivity contribution in [1.82, 2.24) is 0 Å². The molecule has 0 amide bonds. The maximum Gasteiger partial charge on any atom is 0.474 e. The molecular weight excluding hydrogens is 183 g/mol. The lowest BCUT2D eigenvalue weighted by Crippen LogP contribution is -1.97. The summed E-state index contributed by atoms with van der Waals surface area (Å²) < 4.78 is 30.6. The third-order valence-corrected chi connectivity index (χ3v) is 2.82. The Hall–Kier alpha value is 0.0700. The molecule has 0 aromatic carbocycles. The molecule has 0 saturated carbocycles. The van der Waals surface area contributed by atoms with Crippen LogP contribution >= 0.6 is 7.82 Å². The third kappa shape index (κ3) is 3.21. The molecule has 0 aliphatic carbocycles. The Morgan fingerprint density at radius 2 is 2.00 bits per heavy atom. The predicted molar refractivity (Wildman–Crippen MR) is 42.0 cm³/mol. The van der Waals surface area contributed by atoms with Gasteiger partial charge in [-0.1, -0.05) is 0 Å². The van der Waals surface area contributed by atoms with Gasteiger partial charge < -0.3 is 4.74 Å². The van der Waals surface area contributed by atoms with Crippen molar-refractivity contribution in [3.05, 3.63) is 0 Å². The number of rotatable bonds is 5. The molecule has 6 heteroatoms. The van der Waals surface area contributed by atoms with E-state index < -0.39 is 7.82 Å². The van der Waals surface area contributed by atoms with Crippen molar-refractivity contribution >= 4 is 7.82 Å². The molecule has 1 fully saturated rings. The molecule has 0 radical (unpaired) electrons. The fourth-order valence-electron chi connectivity index (χ4n) is 0.790. The van der Waals surface area contributed by atoms with E-state index in [1.54, 1.807) is 7.11 Å². The zero-order valence-corrected chi connectivity index (χ0v) is 7.92. The smallest absolute Gasteiger partial charge is 0.385 e. The average molecular weight is 196 g/mol. The normalized spacial score (nSPS) is 21.4. The number of hydrogen-bond acceptors (Lipinski definition) is 5. The van der Waals surface area contributed by atoms with Gasteiger partial charge in [-0.15, -0.1) is 0 Å². The lowest BCUT2D eigenvalue weighted by Gasteiger charge is -2.08. The lowest BCUT2D eigenvalue weighted by molar-refractivity contribution is 0.148. The summed E-state index contributed by atoms with van der Waals surface area (Å²) in [5.41, 5.74) is 0. The van der Waals surface area contributed by atoms with E-state index >= 15 is 0 Å². The van der Waals surface area contributed by atoms with Gasteiger partial charge in [-0.3, -0.25) is 13.6 Å². The molecule has 1 aliphatic rings. The Morgan fingerprint density at radius 1 is 1.33 bits per heavy atom. The van der Waals surface area contributed by atoms with Crippen molar-refractivity contribution < 1.29 is 22.9 Å². The van der Waals surface area contributed by atoms with E-state index in [-0.39, 0.29) is 0 Å². The first-order valence-electron chi connectivity index (χ1n) is 3.79. The number of hydrogen-bond donors (Lipinski definition) is 0. The highest BCUT2D eigenvalue weighted by molar-refractivity contribution is 7.48. The highest BCUT2D eigenvalue weighted by Gasteiger charge is 2.31. The van der Waals surface area contributed by atoms with Gasteiger partial charge in [-0.2, -0.15) is 0 Å². The van der Waals surface area contributed by atoms with Gasteiger partial charge in [0.15, 0.2) is 0 Å². The first-order chi connectivity index (χ1) is 5.77. The van der Waals surface area contributed by atoms with E-state index in [2.05, 4.69) is 0 Å². The van der Waals surface area contributed by atoms with Crippen LogP contribution < -0.4 is 0 Å². The molecule has 0 atom stereocenters. The van der Waals surface area contributed by atoms with Crippen molar-refractivity contribution in [2.45, 2.75) is 6.42 Å². The van der Waals surface area contributed by atoms with Gasteiger partial charge in [0, 0.05) is 13.7 Å². The zero-order valence-electron chi connectivity index (χ0n) is 7.02. The van der Waals surface area contributed by atoms with E-state index in [4.69, 9.17) is 18.3 Å². The van der Waals surface area contributed by atoms with Crippen LogP contribution in [0, 0.1) is 0 Å². The lowest BCUT2D eigenvalue weighted by atomic mass is 10.5. The summed E-state index contributed by atoms with van der Waals surface area (Å²) in [5, 5.41) is 0. The standard InChI is InChI=1S/C6H13O5P/c1-8-3-2-4-9-12(7)10-5-6-11-12/h2-6H2,1H3. The molecule has 0 unspecified atom stereocenters. The number of methoxy groups -OCH3 is 1. The quantitative estimate of drug-likeness (QED) is 0.488. The summed E-state index contributed by atoms with van der Waals surface area (Å²) in [6.45, 7) is 1.62. The molecule has 0 aromatic rings. The molecule has 1 rings (SSSR count). The van der Waals surface area contributed by atoms with Crippen LogP contribution in [0.15, 0.2) is 0 Å². The number of phosphoric acid groups is 1. The minimum atomic E-state index is -3.17. The van der Waals surface area contributed by atoms with Crippen LogP contribution in [0.2, 0.25) is 0 Å². The Kier molecular flexibility index (Phi) is 4.18. The summed E-state index contributed by atoms with van der Waals surface area (Å²) >= 11 is 0. The van der Waals surface area contributed by atoms with Gasteiger partial charge in [-0.05, 0) is 6.42 Å². The summed E-state index contributed by atoms with van der Waals surface area (Å²) in [6, 6.07) is 0. The highest BCUT2D eigenvalue weighted by atomic mass is 31.2.